The number of aromatic nitrogens is 4. The van der Waals surface area contributed by atoms with Crippen molar-refractivity contribution in [3.8, 4) is 22.9 Å². The topological polar surface area (TPSA) is 288 Å². The molecule has 0 spiro atoms. The molecule has 4 N–H and O–H groups in total. The molecule has 1 radical (unpaired) electrons. The van der Waals surface area contributed by atoms with E-state index >= 15 is 0 Å². The predicted molar refractivity (Wildman–Crippen MR) is 193 cm³/mol. The zero-order chi connectivity index (χ0) is 39.5. The third-order valence-corrected chi connectivity index (χ3v) is 9.41. The number of azo groups is 2. The molecule has 2 heterocycles. The van der Waals surface area contributed by atoms with Gasteiger partial charge in [-0.15, -0.1) is 21.6 Å². The number of halogens is 2. The van der Waals surface area contributed by atoms with E-state index in [-0.39, 0.29) is 61.3 Å². The zero-order valence-corrected chi connectivity index (χ0v) is 32.5. The van der Waals surface area contributed by atoms with Gasteiger partial charge in [-0.05, 0) is 60.7 Å². The predicted octanol–water partition coefficient (Wildman–Crippen LogP) is 3.78. The van der Waals surface area contributed by atoms with Crippen LogP contribution < -0.4 is 41.8 Å². The molecule has 23 heteroatoms. The molecule has 0 amide bonds. The van der Waals surface area contributed by atoms with Crippen LogP contribution in [0.15, 0.2) is 125 Å². The Morgan fingerprint density at radius 1 is 0.600 bits per heavy atom. The first-order valence-corrected chi connectivity index (χ1v) is 18.7. The number of rotatable bonds is 8. The van der Waals surface area contributed by atoms with Crippen LogP contribution in [-0.4, -0.2) is 26.2 Å². The number of nitrogens with zero attached hydrogens (tertiary/aromatic N) is 8. The molecular formula is C32H24Cl2CrN10O8S2-. The summed E-state index contributed by atoms with van der Waals surface area (Å²) in [6, 6.07) is 19.2. The van der Waals surface area contributed by atoms with Gasteiger partial charge < -0.3 is 29.8 Å². The van der Waals surface area contributed by atoms with Gasteiger partial charge in [0.2, 0.25) is 20.0 Å². The van der Waals surface area contributed by atoms with Crippen molar-refractivity contribution in [1.29, 1.82) is 0 Å². The van der Waals surface area contributed by atoms with Crippen molar-refractivity contribution in [2.75, 3.05) is 0 Å². The molecule has 0 saturated heterocycles. The molecule has 0 aliphatic carbocycles. The number of hydrogen-bond acceptors (Lipinski definition) is 12. The van der Waals surface area contributed by atoms with Crippen LogP contribution in [0.1, 0.15) is 11.4 Å². The summed E-state index contributed by atoms with van der Waals surface area (Å²) in [7, 11) is -8.02. The zero-order valence-electron chi connectivity index (χ0n) is 28.1. The van der Waals surface area contributed by atoms with Crippen molar-refractivity contribution < 1.29 is 44.4 Å². The van der Waals surface area contributed by atoms with E-state index in [9.17, 15) is 36.6 Å². The normalized spacial score (nSPS) is 11.7. The van der Waals surface area contributed by atoms with Crippen LogP contribution >= 0.6 is 23.2 Å². The number of hydrogen-bond donors (Lipinski definition) is 2. The van der Waals surface area contributed by atoms with Gasteiger partial charge in [0, 0.05) is 21.4 Å². The minimum Gasteiger partial charge on any atom is -0.871 e. The first-order valence-electron chi connectivity index (χ1n) is 14.9. The van der Waals surface area contributed by atoms with Gasteiger partial charge in [-0.1, -0.05) is 72.8 Å². The molecule has 2 aromatic heterocycles. The van der Waals surface area contributed by atoms with Gasteiger partial charge in [-0.3, -0.25) is 9.59 Å². The average Bonchev–Trinajstić information content (AvgIpc) is 3.55. The molecule has 0 aliphatic rings. The molecule has 0 bridgehead atoms. The summed E-state index contributed by atoms with van der Waals surface area (Å²) in [5, 5.41) is 57.8. The van der Waals surface area contributed by atoms with E-state index in [0.29, 0.717) is 21.4 Å². The molecule has 0 saturated carbocycles. The van der Waals surface area contributed by atoms with Crippen molar-refractivity contribution >= 4 is 66.0 Å². The van der Waals surface area contributed by atoms with E-state index in [2.05, 4.69) is 30.7 Å². The van der Waals surface area contributed by atoms with E-state index in [1.165, 1.54) is 0 Å². The van der Waals surface area contributed by atoms with E-state index in [1.54, 1.807) is 62.4 Å². The molecular weight excluding hydrogens is 839 g/mol. The van der Waals surface area contributed by atoms with Crippen LogP contribution in [0.3, 0.4) is 0 Å². The van der Waals surface area contributed by atoms with E-state index in [4.69, 9.17) is 33.5 Å². The van der Waals surface area contributed by atoms with Crippen molar-refractivity contribution in [1.82, 2.24) is 19.6 Å². The number of benzene rings is 4. The maximum Gasteiger partial charge on any atom is 3.00 e. The van der Waals surface area contributed by atoms with Gasteiger partial charge in [0.25, 0.3) is 11.1 Å². The Balaban J connectivity index is 0.000000240. The Morgan fingerprint density at radius 3 is 1.29 bits per heavy atom. The largest absolute Gasteiger partial charge is 3.00 e. The summed E-state index contributed by atoms with van der Waals surface area (Å²) in [5.74, 6) is -1.14. The fourth-order valence-corrected chi connectivity index (χ4v) is 5.94. The maximum absolute atomic E-state index is 12.5. The average molecular weight is 864 g/mol. The first-order chi connectivity index (χ1) is 25.3. The third kappa shape index (κ3) is 10.0. The van der Waals surface area contributed by atoms with Crippen molar-refractivity contribution in [3.05, 3.63) is 127 Å². The van der Waals surface area contributed by atoms with Gasteiger partial charge in [0.15, 0.2) is 0 Å². The summed E-state index contributed by atoms with van der Waals surface area (Å²) in [4.78, 5) is 24.5. The van der Waals surface area contributed by atoms with E-state index in [1.807, 2.05) is 0 Å². The number of nitrogens with two attached hydrogens (primary N) is 2. The van der Waals surface area contributed by atoms with Gasteiger partial charge in [0.1, 0.15) is 11.4 Å². The Bertz CT molecular complexity index is 2630. The Kier molecular flexibility index (Phi) is 13.1. The summed E-state index contributed by atoms with van der Waals surface area (Å²) >= 11 is 11.8. The summed E-state index contributed by atoms with van der Waals surface area (Å²) in [5.41, 5.74) is -0.396. The SMILES string of the molecule is Cc1[n-]n(-c2cccc(Cl)c2)c(=O)c1N=Nc1cc(S(N)(=O)=O)ccc1[O-].Cc1[n-]n(-c2cccc(Cl)c2)c(=O)c1N=Nc1cc(S(N)(=O)=O)ccc1[O-].[Cr+3]. The molecule has 0 unspecified atom stereocenters. The van der Waals surface area contributed by atoms with E-state index < -0.39 is 42.7 Å². The van der Waals surface area contributed by atoms with Crippen LogP contribution in [0.25, 0.3) is 11.4 Å². The van der Waals surface area contributed by atoms with Gasteiger partial charge in [-0.2, -0.15) is 10.2 Å². The number of primary sulfonamides is 2. The third-order valence-electron chi connectivity index (χ3n) is 7.11. The Morgan fingerprint density at radius 2 is 0.964 bits per heavy atom. The van der Waals surface area contributed by atoms with Crippen molar-refractivity contribution in [2.24, 2.45) is 30.7 Å². The smallest absolute Gasteiger partial charge is 0.871 e. The standard InChI is InChI=1S/2C16H14ClN5O4S.Cr/c2*1-9-15(16(24)22(21-9)11-4-2-3-10(17)7-11)20-19-13-8-12(27(18,25)26)5-6-14(13)23;/h2*2-8H,1H3,(H4,18,19,20,21,23,24,25,26);/q;;+3/p-4. The van der Waals surface area contributed by atoms with Gasteiger partial charge in [-0.25, -0.2) is 27.1 Å². The molecule has 6 rings (SSSR count). The minimum absolute atomic E-state index is 0. The molecule has 55 heavy (non-hydrogen) atoms. The van der Waals surface area contributed by atoms with Gasteiger partial charge in [0.05, 0.1) is 21.2 Å². The molecule has 18 nitrogen and oxygen atoms in total. The molecule has 4 aromatic carbocycles. The van der Waals surface area contributed by atoms with Crippen LogP contribution in [0.5, 0.6) is 11.5 Å². The number of aryl methyl sites for hydroxylation is 2. The van der Waals surface area contributed by atoms with E-state index in [0.717, 1.165) is 45.8 Å². The molecule has 6 aromatic rings. The summed E-state index contributed by atoms with van der Waals surface area (Å²) in [6.07, 6.45) is 0. The summed E-state index contributed by atoms with van der Waals surface area (Å²) < 4.78 is 47.8. The van der Waals surface area contributed by atoms with Gasteiger partial charge >= 0.3 is 17.4 Å². The fraction of sp³-hybridized carbons (Fsp3) is 0.0625. The quantitative estimate of drug-likeness (QED) is 0.209. The maximum atomic E-state index is 12.5. The molecule has 283 valence electrons. The number of sulfonamides is 2. The monoisotopic (exact) mass is 862 g/mol. The Labute approximate surface area is 332 Å². The van der Waals surface area contributed by atoms with Crippen LogP contribution in [0, 0.1) is 13.8 Å². The minimum atomic E-state index is -4.01. The summed E-state index contributed by atoms with van der Waals surface area (Å²) in [6.45, 7) is 3.10. The second kappa shape index (κ2) is 17.0. The first kappa shape index (κ1) is 42.4. The van der Waals surface area contributed by atoms with Crippen LogP contribution in [-0.2, 0) is 37.4 Å². The molecule has 0 fully saturated rings. The second-order valence-electron chi connectivity index (χ2n) is 11.0. The van der Waals surface area contributed by atoms with Crippen LogP contribution in [0.2, 0.25) is 10.0 Å². The Hall–Kier alpha value is -5.37. The van der Waals surface area contributed by atoms with Crippen molar-refractivity contribution in [2.45, 2.75) is 23.6 Å². The molecule has 0 atom stereocenters. The van der Waals surface area contributed by atoms with Crippen molar-refractivity contribution in [3.63, 3.8) is 0 Å². The van der Waals surface area contributed by atoms with Crippen LogP contribution in [0.4, 0.5) is 22.7 Å². The molecule has 0 aliphatic heterocycles. The fourth-order valence-electron chi connectivity index (χ4n) is 4.50. The second-order valence-corrected chi connectivity index (χ2v) is 15.0.